The summed E-state index contributed by atoms with van der Waals surface area (Å²) in [5.41, 5.74) is 1.37. The molecule has 0 bridgehead atoms. The first kappa shape index (κ1) is 21.2. The molecule has 2 atom stereocenters. The van der Waals surface area contributed by atoms with Crippen molar-refractivity contribution in [1.29, 1.82) is 0 Å². The van der Waals surface area contributed by atoms with Crippen LogP contribution in [0.3, 0.4) is 0 Å². The number of nitrogens with one attached hydrogen (secondary N) is 1. The largest absolute Gasteiger partial charge is 0.302 e. The number of hydrogen-bond donors (Lipinski definition) is 1. The molecule has 0 aromatic rings. The van der Waals surface area contributed by atoms with E-state index in [-0.39, 0.29) is 0 Å². The lowest BCUT2D eigenvalue weighted by atomic mass is 10.0. The van der Waals surface area contributed by atoms with Crippen molar-refractivity contribution in [3.8, 4) is 0 Å². The van der Waals surface area contributed by atoms with E-state index in [0.29, 0.717) is 5.57 Å². The van der Waals surface area contributed by atoms with E-state index in [4.69, 9.17) is 0 Å². The number of allylic oxidation sites excluding steroid dienone is 5. The van der Waals surface area contributed by atoms with Crippen LogP contribution in [0.4, 0.5) is 0 Å². The summed E-state index contributed by atoms with van der Waals surface area (Å²) in [5, 5.41) is 3.18. The number of nitrogens with zero attached hydrogens (tertiary/aromatic N) is 1. The van der Waals surface area contributed by atoms with Crippen LogP contribution in [0.25, 0.3) is 0 Å². The molecule has 3 nitrogen and oxygen atoms in total. The minimum atomic E-state index is 0.605. The molecule has 1 N–H and O–H groups in total. The highest BCUT2D eigenvalue weighted by Crippen LogP contribution is 2.54. The molecule has 126 valence electrons. The molecule has 2 rings (SSSR count). The summed E-state index contributed by atoms with van der Waals surface area (Å²) in [4.78, 5) is 12.6. The van der Waals surface area contributed by atoms with Crippen molar-refractivity contribution in [1.82, 2.24) is 9.99 Å². The lowest BCUT2D eigenvalue weighted by Crippen LogP contribution is -2.31. The minimum absolute atomic E-state index is 0.605. The van der Waals surface area contributed by atoms with Gasteiger partial charge in [0.2, 0.25) is 0 Å². The van der Waals surface area contributed by atoms with Crippen molar-refractivity contribution in [3.05, 3.63) is 36.5 Å². The Balaban J connectivity index is 0.000000369. The van der Waals surface area contributed by atoms with Gasteiger partial charge < -0.3 is 4.90 Å². The zero-order chi connectivity index (χ0) is 17.0. The van der Waals surface area contributed by atoms with Crippen LogP contribution in [0.1, 0.15) is 40.0 Å². The van der Waals surface area contributed by atoms with Crippen molar-refractivity contribution in [2.75, 3.05) is 20.1 Å². The Morgan fingerprint density at radius 2 is 2.09 bits per heavy atom. The number of likely N-dealkylation sites (tertiary alicyclic amines) is 1. The highest BCUT2D eigenvalue weighted by molar-refractivity contribution is 7.13. The average Bonchev–Trinajstić information content (AvgIpc) is 3.22. The zero-order valence-electron chi connectivity index (χ0n) is 14.6. The molecule has 1 aliphatic heterocycles. The second-order valence-electron chi connectivity index (χ2n) is 5.70. The summed E-state index contributed by atoms with van der Waals surface area (Å²) < 4.78 is 0. The van der Waals surface area contributed by atoms with E-state index < -0.39 is 0 Å². The Labute approximate surface area is 139 Å². The van der Waals surface area contributed by atoms with Gasteiger partial charge in [0.15, 0.2) is 0 Å². The Kier molecular flexibility index (Phi) is 11.4. The van der Waals surface area contributed by atoms with Crippen molar-refractivity contribution < 1.29 is 4.79 Å². The van der Waals surface area contributed by atoms with Crippen LogP contribution in [0.15, 0.2) is 36.5 Å². The molecular weight excluding hydrogens is 291 g/mol. The quantitative estimate of drug-likeness (QED) is 0.362. The van der Waals surface area contributed by atoms with Gasteiger partial charge in [0.05, 0.1) is 0 Å². The molecule has 1 spiro atoms. The fourth-order valence-electron chi connectivity index (χ4n) is 2.64. The first-order valence-corrected chi connectivity index (χ1v) is 8.73. The topological polar surface area (TPSA) is 32.3 Å². The molecule has 2 unspecified atom stereocenters. The van der Waals surface area contributed by atoms with Crippen LogP contribution in [0, 0.1) is 5.41 Å². The minimum Gasteiger partial charge on any atom is -0.302 e. The van der Waals surface area contributed by atoms with Crippen molar-refractivity contribution >= 4 is 15.7 Å². The SMILES string of the molecule is C=C/C(C=O)=C\C=C/C.CC.CN1CC2(CC2)CC1CNP. The molecule has 1 saturated heterocycles. The molecule has 1 saturated carbocycles. The van der Waals surface area contributed by atoms with Gasteiger partial charge in [-0.05, 0) is 38.6 Å². The summed E-state index contributed by atoms with van der Waals surface area (Å²) in [6.07, 6.45) is 12.0. The highest BCUT2D eigenvalue weighted by atomic mass is 31.0. The van der Waals surface area contributed by atoms with E-state index in [2.05, 4.69) is 33.0 Å². The fourth-order valence-corrected chi connectivity index (χ4v) is 2.92. The van der Waals surface area contributed by atoms with E-state index >= 15 is 0 Å². The monoisotopic (exact) mass is 324 g/mol. The number of aldehydes is 1. The van der Waals surface area contributed by atoms with Gasteiger partial charge in [-0.3, -0.25) is 9.88 Å². The first-order valence-electron chi connectivity index (χ1n) is 8.15. The highest BCUT2D eigenvalue weighted by Gasteiger charge is 2.50. The average molecular weight is 324 g/mol. The number of carbonyl (C=O) groups excluding carboxylic acids is 1. The molecular formula is C18H33N2OP. The third kappa shape index (κ3) is 7.49. The Morgan fingerprint density at radius 1 is 1.45 bits per heavy atom. The van der Waals surface area contributed by atoms with E-state index in [9.17, 15) is 4.79 Å². The van der Waals surface area contributed by atoms with Gasteiger partial charge in [-0.15, -0.1) is 0 Å². The predicted molar refractivity (Wildman–Crippen MR) is 101 cm³/mol. The smallest absolute Gasteiger partial charge is 0.150 e. The Bertz CT molecular complexity index is 377. The maximum absolute atomic E-state index is 10.1. The summed E-state index contributed by atoms with van der Waals surface area (Å²) in [5.74, 6) is 0. The molecule has 0 aromatic heterocycles. The van der Waals surface area contributed by atoms with Crippen molar-refractivity contribution in [3.63, 3.8) is 0 Å². The second kappa shape index (κ2) is 11.8. The van der Waals surface area contributed by atoms with Gasteiger partial charge in [0.1, 0.15) is 6.29 Å². The fraction of sp³-hybridized carbons (Fsp3) is 0.611. The maximum atomic E-state index is 10.1. The van der Waals surface area contributed by atoms with Crippen LogP contribution < -0.4 is 5.09 Å². The number of rotatable bonds is 5. The molecule has 4 heteroatoms. The normalized spacial score (nSPS) is 22.6. The van der Waals surface area contributed by atoms with E-state index in [0.717, 1.165) is 24.3 Å². The molecule has 2 aliphatic rings. The van der Waals surface area contributed by atoms with E-state index in [1.165, 1.54) is 31.9 Å². The molecule has 1 aliphatic carbocycles. The van der Waals surface area contributed by atoms with Crippen LogP contribution in [-0.4, -0.2) is 37.4 Å². The van der Waals surface area contributed by atoms with Gasteiger partial charge >= 0.3 is 0 Å². The Morgan fingerprint density at radius 3 is 2.45 bits per heavy atom. The van der Waals surface area contributed by atoms with Crippen molar-refractivity contribution in [2.45, 2.75) is 46.1 Å². The van der Waals surface area contributed by atoms with Gasteiger partial charge in [-0.2, -0.15) is 0 Å². The summed E-state index contributed by atoms with van der Waals surface area (Å²) in [7, 11) is 4.84. The van der Waals surface area contributed by atoms with E-state index in [1.54, 1.807) is 12.2 Å². The maximum Gasteiger partial charge on any atom is 0.150 e. The van der Waals surface area contributed by atoms with Gasteiger partial charge in [-0.25, -0.2) is 0 Å². The Hall–Kier alpha value is -0.760. The van der Waals surface area contributed by atoms with Crippen molar-refractivity contribution in [2.24, 2.45) is 5.41 Å². The zero-order valence-corrected chi connectivity index (χ0v) is 15.8. The van der Waals surface area contributed by atoms with Crippen LogP contribution in [0.2, 0.25) is 0 Å². The van der Waals surface area contributed by atoms with Crippen LogP contribution in [-0.2, 0) is 4.79 Å². The van der Waals surface area contributed by atoms with Gasteiger partial charge in [0, 0.05) is 24.7 Å². The lowest BCUT2D eigenvalue weighted by Gasteiger charge is -2.17. The molecule has 22 heavy (non-hydrogen) atoms. The number of likely N-dealkylation sites (N-methyl/N-ethyl adjacent to an activating group) is 1. The predicted octanol–water partition coefficient (Wildman–Crippen LogP) is 3.75. The van der Waals surface area contributed by atoms with Gasteiger partial charge in [-0.1, -0.05) is 54.1 Å². The molecule has 1 heterocycles. The van der Waals surface area contributed by atoms with E-state index in [1.807, 2.05) is 26.8 Å². The summed E-state index contributed by atoms with van der Waals surface area (Å²) >= 11 is 0. The summed E-state index contributed by atoms with van der Waals surface area (Å²) in [6.45, 7) is 11.8. The third-order valence-electron chi connectivity index (χ3n) is 4.04. The molecule has 0 radical (unpaired) electrons. The third-order valence-corrected chi connectivity index (χ3v) is 4.28. The molecule has 2 fully saturated rings. The molecule has 0 aromatic carbocycles. The summed E-state index contributed by atoms with van der Waals surface area (Å²) in [6, 6.07) is 0.787. The standard InChI is InChI=1S/C8H17N2P.C8H10O.C2H6/c1-10-6-8(2-3-8)4-7(10)5-9-11;1-3-5-6-8(4-2)7-9;1-2/h7,9H,2-6,11H2,1H3;3-7H,2H2,1H3;1-2H3/b;5-3-,8-6+;. The lowest BCUT2D eigenvalue weighted by molar-refractivity contribution is -0.104. The van der Waals surface area contributed by atoms with Crippen LogP contribution in [0.5, 0.6) is 0 Å². The molecule has 0 amide bonds. The van der Waals surface area contributed by atoms with Crippen LogP contribution >= 0.6 is 9.39 Å². The first-order chi connectivity index (χ1) is 10.6. The number of carbonyl (C=O) groups is 1. The number of hydrogen-bond acceptors (Lipinski definition) is 3. The van der Waals surface area contributed by atoms with Gasteiger partial charge in [0.25, 0.3) is 0 Å². The second-order valence-corrected chi connectivity index (χ2v) is 6.10.